The molecule has 20 heavy (non-hydrogen) atoms. The molecule has 108 valence electrons. The molecule has 0 spiro atoms. The molecule has 1 aliphatic carbocycles. The number of anilines is 1. The number of thiophene rings is 1. The lowest BCUT2D eigenvalue weighted by atomic mass is 9.88. The normalized spacial score (nSPS) is 19.9. The Balaban J connectivity index is 1.86. The molecule has 2 N–H and O–H groups in total. The van der Waals surface area contributed by atoms with Gasteiger partial charge in [0.15, 0.2) is 0 Å². The highest BCUT2D eigenvalue weighted by Crippen LogP contribution is 2.40. The van der Waals surface area contributed by atoms with Gasteiger partial charge < -0.3 is 10.6 Å². The van der Waals surface area contributed by atoms with Gasteiger partial charge >= 0.3 is 0 Å². The van der Waals surface area contributed by atoms with Crippen LogP contribution in [0.1, 0.15) is 53.3 Å². The summed E-state index contributed by atoms with van der Waals surface area (Å²) in [5.74, 6) is 0.0590. The number of hydrogen-bond acceptors (Lipinski definition) is 3. The molecule has 0 bridgehead atoms. The van der Waals surface area contributed by atoms with Gasteiger partial charge in [-0.25, -0.2) is 8.78 Å². The number of halogens is 2. The minimum absolute atomic E-state index is 0.377. The van der Waals surface area contributed by atoms with Crippen molar-refractivity contribution in [2.45, 2.75) is 44.4 Å². The minimum Gasteiger partial charge on any atom is -0.351 e. The molecule has 0 unspecified atom stereocenters. The number of carbonyl (C=O) groups is 1. The first-order valence-corrected chi connectivity index (χ1v) is 7.66. The average Bonchev–Trinajstić information content (AvgIpc) is 2.82. The van der Waals surface area contributed by atoms with E-state index in [9.17, 15) is 13.6 Å². The molecular weight excluding hydrogens is 282 g/mol. The monoisotopic (exact) mass is 298 g/mol. The Hall–Kier alpha value is -1.43. The fraction of sp³-hybridized carbons (Fsp3) is 0.500. The van der Waals surface area contributed by atoms with Crippen LogP contribution in [0.5, 0.6) is 0 Å². The third-order valence-corrected chi connectivity index (χ3v) is 5.08. The maximum atomic E-state index is 12.7. The van der Waals surface area contributed by atoms with Gasteiger partial charge in [-0.2, -0.15) is 0 Å². The lowest BCUT2D eigenvalue weighted by Gasteiger charge is -2.20. The van der Waals surface area contributed by atoms with E-state index in [-0.39, 0.29) is 5.70 Å². The van der Waals surface area contributed by atoms with Gasteiger partial charge in [-0.1, -0.05) is 19.3 Å². The molecule has 1 aromatic heterocycles. The molecule has 0 saturated heterocycles. The third-order valence-electron chi connectivity index (χ3n) is 3.86. The van der Waals surface area contributed by atoms with E-state index in [1.165, 1.54) is 41.7 Å². The number of fused-ring (bicyclic) bond motifs is 1. The average molecular weight is 298 g/mol. The summed E-state index contributed by atoms with van der Waals surface area (Å²) in [7, 11) is 0. The van der Waals surface area contributed by atoms with Crippen molar-refractivity contribution in [2.24, 2.45) is 0 Å². The Morgan fingerprint density at radius 2 is 2.00 bits per heavy atom. The Bertz CT molecular complexity index is 547. The highest BCUT2D eigenvalue weighted by molar-refractivity contribution is 7.16. The van der Waals surface area contributed by atoms with Gasteiger partial charge in [0.2, 0.25) is 0 Å². The second-order valence-electron chi connectivity index (χ2n) is 5.23. The Kier molecular flexibility index (Phi) is 3.74. The van der Waals surface area contributed by atoms with E-state index >= 15 is 0 Å². The van der Waals surface area contributed by atoms with Gasteiger partial charge in [0, 0.05) is 11.1 Å². The highest BCUT2D eigenvalue weighted by Gasteiger charge is 2.26. The van der Waals surface area contributed by atoms with Crippen molar-refractivity contribution < 1.29 is 13.6 Å². The number of amides is 1. The zero-order chi connectivity index (χ0) is 14.1. The molecule has 3 rings (SSSR count). The quantitative estimate of drug-likeness (QED) is 0.864. The molecule has 0 atom stereocenters. The first-order chi connectivity index (χ1) is 9.65. The van der Waals surface area contributed by atoms with E-state index < -0.39 is 12.3 Å². The Morgan fingerprint density at radius 3 is 2.70 bits per heavy atom. The maximum Gasteiger partial charge on any atom is 0.279 e. The summed E-state index contributed by atoms with van der Waals surface area (Å²) in [6, 6.07) is 1.86. The maximum absolute atomic E-state index is 12.7. The summed E-state index contributed by atoms with van der Waals surface area (Å²) in [5.41, 5.74) is 0.0973. The Morgan fingerprint density at radius 1 is 1.25 bits per heavy atom. The number of allylic oxidation sites excluding steroid dienone is 1. The van der Waals surface area contributed by atoms with Crippen LogP contribution < -0.4 is 10.6 Å². The number of carbonyl (C=O) groups excluding carboxylic acids is 1. The van der Waals surface area contributed by atoms with E-state index in [4.69, 9.17) is 0 Å². The van der Waals surface area contributed by atoms with Crippen LogP contribution in [0.4, 0.5) is 13.8 Å². The van der Waals surface area contributed by atoms with Crippen LogP contribution in [0.3, 0.4) is 0 Å². The number of nitrogens with one attached hydrogen (secondary N) is 2. The first-order valence-electron chi connectivity index (χ1n) is 6.85. The van der Waals surface area contributed by atoms with E-state index in [1.807, 2.05) is 6.07 Å². The van der Waals surface area contributed by atoms with Gasteiger partial charge in [-0.3, -0.25) is 4.79 Å². The molecule has 1 fully saturated rings. The Labute approximate surface area is 120 Å². The molecule has 2 heterocycles. The minimum atomic E-state index is -2.68. The van der Waals surface area contributed by atoms with Gasteiger partial charge in [-0.05, 0) is 24.8 Å². The summed E-state index contributed by atoms with van der Waals surface area (Å²) in [5, 5.41) is 5.77. The molecule has 1 saturated carbocycles. The van der Waals surface area contributed by atoms with E-state index in [0.717, 1.165) is 12.8 Å². The molecule has 0 aromatic carbocycles. The lowest BCUT2D eigenvalue weighted by Crippen LogP contribution is -2.25. The molecule has 2 aliphatic rings. The van der Waals surface area contributed by atoms with Crippen molar-refractivity contribution >= 4 is 22.2 Å². The smallest absolute Gasteiger partial charge is 0.279 e. The highest BCUT2D eigenvalue weighted by atomic mass is 32.1. The summed E-state index contributed by atoms with van der Waals surface area (Å²) >= 11 is 1.51. The summed E-state index contributed by atoms with van der Waals surface area (Å²) in [6.07, 6.45) is 4.54. The molecule has 3 nitrogen and oxygen atoms in total. The standard InChI is InChI=1S/C14H16F2N2OS/c15-12(16)10-7-17-14-9(13(19)18-10)6-11(20-14)8-4-2-1-3-5-8/h6-8,12,17H,1-5H2,(H,18,19). The first kappa shape index (κ1) is 13.5. The van der Waals surface area contributed by atoms with Gasteiger partial charge in [0.05, 0.1) is 5.56 Å². The topological polar surface area (TPSA) is 41.1 Å². The zero-order valence-corrected chi connectivity index (χ0v) is 11.7. The van der Waals surface area contributed by atoms with Crippen LogP contribution in [0, 0.1) is 0 Å². The molecule has 1 aromatic rings. The molecular formula is C14H16F2N2OS. The van der Waals surface area contributed by atoms with Crippen LogP contribution in [0.15, 0.2) is 18.0 Å². The van der Waals surface area contributed by atoms with Crippen LogP contribution in [-0.4, -0.2) is 12.3 Å². The van der Waals surface area contributed by atoms with Gasteiger partial charge in [0.25, 0.3) is 12.3 Å². The summed E-state index contributed by atoms with van der Waals surface area (Å²) in [4.78, 5) is 13.2. The largest absolute Gasteiger partial charge is 0.351 e. The van der Waals surface area contributed by atoms with E-state index in [2.05, 4.69) is 10.6 Å². The fourth-order valence-corrected chi connectivity index (χ4v) is 3.96. The predicted molar refractivity (Wildman–Crippen MR) is 75.3 cm³/mol. The molecule has 0 radical (unpaired) electrons. The van der Waals surface area contributed by atoms with Crippen LogP contribution in [0.25, 0.3) is 0 Å². The fourth-order valence-electron chi connectivity index (χ4n) is 2.77. The van der Waals surface area contributed by atoms with Crippen LogP contribution >= 0.6 is 11.3 Å². The summed E-state index contributed by atoms with van der Waals surface area (Å²) in [6.45, 7) is 0. The van der Waals surface area contributed by atoms with Gasteiger partial charge in [0.1, 0.15) is 10.7 Å². The predicted octanol–water partition coefficient (Wildman–Crippen LogP) is 4.06. The van der Waals surface area contributed by atoms with Crippen LogP contribution in [0.2, 0.25) is 0 Å². The van der Waals surface area contributed by atoms with E-state index in [0.29, 0.717) is 16.5 Å². The molecule has 6 heteroatoms. The van der Waals surface area contributed by atoms with Crippen molar-refractivity contribution in [3.8, 4) is 0 Å². The summed E-state index contributed by atoms with van der Waals surface area (Å²) < 4.78 is 25.3. The van der Waals surface area contributed by atoms with Crippen molar-refractivity contribution in [1.82, 2.24) is 5.32 Å². The van der Waals surface area contributed by atoms with Crippen molar-refractivity contribution in [1.29, 1.82) is 0 Å². The zero-order valence-electron chi connectivity index (χ0n) is 10.9. The SMILES string of the molecule is O=C1NC(C(F)F)=CNc2sc(C3CCCCC3)cc21. The van der Waals surface area contributed by atoms with Crippen molar-refractivity contribution in [3.63, 3.8) is 0 Å². The second kappa shape index (κ2) is 5.52. The molecule has 1 aliphatic heterocycles. The van der Waals surface area contributed by atoms with Crippen molar-refractivity contribution in [3.05, 3.63) is 28.4 Å². The van der Waals surface area contributed by atoms with Gasteiger partial charge in [-0.15, -0.1) is 11.3 Å². The van der Waals surface area contributed by atoms with Crippen LogP contribution in [-0.2, 0) is 0 Å². The third kappa shape index (κ3) is 2.57. The second-order valence-corrected chi connectivity index (χ2v) is 6.31. The lowest BCUT2D eigenvalue weighted by molar-refractivity contribution is 0.0941. The van der Waals surface area contributed by atoms with E-state index in [1.54, 1.807) is 0 Å². The molecule has 1 amide bonds. The van der Waals surface area contributed by atoms with Crippen molar-refractivity contribution in [2.75, 3.05) is 5.32 Å². The number of alkyl halides is 2. The number of rotatable bonds is 2. The number of hydrogen-bond donors (Lipinski definition) is 2.